The molecule has 4 aromatic carbocycles. The molecule has 0 aliphatic rings. The highest BCUT2D eigenvalue weighted by atomic mass is 35.5. The molecule has 0 heterocycles. The summed E-state index contributed by atoms with van der Waals surface area (Å²) in [4.78, 5) is 29.8. The smallest absolute Gasteiger partial charge is 0.315 e. The molecule has 0 saturated heterocycles. The molecule has 0 radical (unpaired) electrons. The van der Waals surface area contributed by atoms with E-state index < -0.39 is 0 Å². The quantitative estimate of drug-likeness (QED) is 0.0476. The monoisotopic (exact) mass is 784 g/mol. The lowest BCUT2D eigenvalue weighted by Crippen LogP contribution is -2.27. The average molecular weight is 787 g/mol. The maximum atomic E-state index is 12.8. The van der Waals surface area contributed by atoms with E-state index in [-0.39, 0.29) is 36.6 Å². The van der Waals surface area contributed by atoms with E-state index in [2.05, 4.69) is 23.6 Å². The maximum absolute atomic E-state index is 12.8. The van der Waals surface area contributed by atoms with Gasteiger partial charge in [-0.15, -0.1) is 46.4 Å². The summed E-state index contributed by atoms with van der Waals surface area (Å²) >= 11 is 23.8. The third-order valence-electron chi connectivity index (χ3n) is 9.16. The summed E-state index contributed by atoms with van der Waals surface area (Å²) in [5, 5.41) is 0. The summed E-state index contributed by atoms with van der Waals surface area (Å²) in [6, 6.07) is 31.3. The molecule has 0 fully saturated rings. The zero-order valence-corrected chi connectivity index (χ0v) is 32.9. The molecule has 4 rings (SSSR count). The minimum atomic E-state index is -0.316. The number of hydrogen-bond acceptors (Lipinski definition) is 6. The second-order valence-corrected chi connectivity index (χ2v) is 14.0. The van der Waals surface area contributed by atoms with Crippen molar-refractivity contribution in [3.8, 4) is 11.5 Å². The summed E-state index contributed by atoms with van der Waals surface area (Å²) in [5.74, 6) is 2.96. The van der Waals surface area contributed by atoms with Gasteiger partial charge in [0.05, 0.1) is 12.8 Å². The highest BCUT2D eigenvalue weighted by Crippen LogP contribution is 2.39. The first-order valence-electron chi connectivity index (χ1n) is 17.8. The Balaban J connectivity index is 1.31. The number of esters is 2. The molecule has 278 valence electrons. The molecule has 2 atom stereocenters. The molecule has 6 nitrogen and oxygen atoms in total. The number of carbonyl (C=O) groups is 2. The van der Waals surface area contributed by atoms with Gasteiger partial charge in [-0.25, -0.2) is 0 Å². The standard InChI is InChI=1S/C42H48Cl4N2O4/c1-3-39(33-9-17-37(18-10-33)51-41(49)29-31-5-13-35(14-6-31)47(25-21-43)26-22-44)40(4-2)34-11-19-38(20-12-34)52-42(50)30-32-7-15-36(16-8-32)48(27-23-45)28-24-46/h5-20,39-40H,3-4,21-30H2,1-2H3/t39-,40-/m0/s1. The highest BCUT2D eigenvalue weighted by molar-refractivity contribution is 6.19. The number of halogens is 4. The molecular weight excluding hydrogens is 738 g/mol. The predicted octanol–water partition coefficient (Wildman–Crippen LogP) is 10.2. The molecule has 10 heteroatoms. The fourth-order valence-electron chi connectivity index (χ4n) is 6.54. The van der Waals surface area contributed by atoms with Crippen molar-refractivity contribution in [2.45, 2.75) is 51.4 Å². The lowest BCUT2D eigenvalue weighted by Gasteiger charge is -2.26. The van der Waals surface area contributed by atoms with Crippen LogP contribution in [0.15, 0.2) is 97.1 Å². The Kier molecular flexibility index (Phi) is 17.4. The van der Waals surface area contributed by atoms with E-state index in [9.17, 15) is 9.59 Å². The van der Waals surface area contributed by atoms with Gasteiger partial charge in [-0.2, -0.15) is 0 Å². The highest BCUT2D eigenvalue weighted by Gasteiger charge is 2.23. The van der Waals surface area contributed by atoms with Gasteiger partial charge in [0.25, 0.3) is 0 Å². The Hall–Kier alpha value is -3.42. The topological polar surface area (TPSA) is 59.1 Å². The van der Waals surface area contributed by atoms with Crippen LogP contribution < -0.4 is 19.3 Å². The molecule has 0 saturated carbocycles. The number of alkyl halides is 4. The van der Waals surface area contributed by atoms with Crippen LogP contribution in [0.1, 0.15) is 60.8 Å². The van der Waals surface area contributed by atoms with Gasteiger partial charge in [0.15, 0.2) is 0 Å². The second kappa shape index (κ2) is 21.9. The Morgan fingerprint density at radius 1 is 0.500 bits per heavy atom. The van der Waals surface area contributed by atoms with Crippen LogP contribution in [-0.2, 0) is 22.4 Å². The van der Waals surface area contributed by atoms with Crippen molar-refractivity contribution >= 4 is 69.7 Å². The van der Waals surface area contributed by atoms with Gasteiger partial charge >= 0.3 is 11.9 Å². The van der Waals surface area contributed by atoms with Crippen molar-refractivity contribution in [2.75, 3.05) is 59.5 Å². The molecule has 4 aromatic rings. The second-order valence-electron chi connectivity index (χ2n) is 12.5. The third kappa shape index (κ3) is 12.3. The Morgan fingerprint density at radius 3 is 1.08 bits per heavy atom. The Bertz CT molecular complexity index is 1510. The SMILES string of the molecule is CC[C@@H](c1ccc(OC(=O)Cc2ccc(N(CCCl)CCCl)cc2)cc1)[C@@H](CC)c1ccc(OC(=O)Cc2ccc(N(CCCl)CCCl)cc2)cc1. The van der Waals surface area contributed by atoms with Gasteiger partial charge in [-0.3, -0.25) is 9.59 Å². The van der Waals surface area contributed by atoms with E-state index in [1.165, 1.54) is 11.1 Å². The van der Waals surface area contributed by atoms with E-state index in [4.69, 9.17) is 55.9 Å². The summed E-state index contributed by atoms with van der Waals surface area (Å²) < 4.78 is 11.4. The largest absolute Gasteiger partial charge is 0.426 e. The number of rotatable bonds is 21. The van der Waals surface area contributed by atoms with Gasteiger partial charge in [0, 0.05) is 61.1 Å². The summed E-state index contributed by atoms with van der Waals surface area (Å²) in [6.45, 7) is 7.19. The third-order valence-corrected chi connectivity index (χ3v) is 9.84. The summed E-state index contributed by atoms with van der Waals surface area (Å²) in [7, 11) is 0. The normalized spacial score (nSPS) is 12.2. The minimum absolute atomic E-state index is 0.171. The number of anilines is 2. The van der Waals surface area contributed by atoms with Gasteiger partial charge in [0.2, 0.25) is 0 Å². The lowest BCUT2D eigenvalue weighted by atomic mass is 9.78. The van der Waals surface area contributed by atoms with Crippen molar-refractivity contribution in [3.05, 3.63) is 119 Å². The van der Waals surface area contributed by atoms with Crippen molar-refractivity contribution in [3.63, 3.8) is 0 Å². The molecular formula is C42H48Cl4N2O4. The fraction of sp³-hybridized carbons (Fsp3) is 0.381. The first kappa shape index (κ1) is 41.3. The van der Waals surface area contributed by atoms with Crippen molar-refractivity contribution in [1.82, 2.24) is 0 Å². The van der Waals surface area contributed by atoms with Crippen LogP contribution >= 0.6 is 46.4 Å². The van der Waals surface area contributed by atoms with Crippen LogP contribution in [0.25, 0.3) is 0 Å². The van der Waals surface area contributed by atoms with Gasteiger partial charge in [-0.05, 0) is 95.5 Å². The summed E-state index contributed by atoms with van der Waals surface area (Å²) in [6.07, 6.45) is 2.22. The Morgan fingerprint density at radius 2 is 0.808 bits per heavy atom. The van der Waals surface area contributed by atoms with Crippen LogP contribution in [0, 0.1) is 0 Å². The first-order chi connectivity index (χ1) is 25.3. The average Bonchev–Trinajstić information content (AvgIpc) is 3.15. The van der Waals surface area contributed by atoms with Gasteiger partial charge in [0.1, 0.15) is 11.5 Å². The molecule has 0 bridgehead atoms. The van der Waals surface area contributed by atoms with Crippen molar-refractivity contribution in [2.24, 2.45) is 0 Å². The van der Waals surface area contributed by atoms with Crippen LogP contribution in [0.3, 0.4) is 0 Å². The molecule has 0 spiro atoms. The van der Waals surface area contributed by atoms with Gasteiger partial charge in [-0.1, -0.05) is 62.4 Å². The van der Waals surface area contributed by atoms with Crippen LogP contribution in [-0.4, -0.2) is 61.6 Å². The zero-order chi connectivity index (χ0) is 37.3. The fourth-order valence-corrected chi connectivity index (χ4v) is 7.35. The van der Waals surface area contributed by atoms with Crippen LogP contribution in [0.4, 0.5) is 11.4 Å². The van der Waals surface area contributed by atoms with Crippen molar-refractivity contribution < 1.29 is 19.1 Å². The van der Waals surface area contributed by atoms with Crippen LogP contribution in [0.5, 0.6) is 11.5 Å². The molecule has 0 unspecified atom stereocenters. The number of nitrogens with zero attached hydrogens (tertiary/aromatic N) is 2. The number of benzene rings is 4. The molecule has 0 N–H and O–H groups in total. The number of hydrogen-bond donors (Lipinski definition) is 0. The van der Waals surface area contributed by atoms with Crippen molar-refractivity contribution in [1.29, 1.82) is 0 Å². The van der Waals surface area contributed by atoms with E-state index in [1.807, 2.05) is 97.1 Å². The number of carbonyl (C=O) groups excluding carboxylic acids is 2. The maximum Gasteiger partial charge on any atom is 0.315 e. The minimum Gasteiger partial charge on any atom is -0.426 e. The zero-order valence-electron chi connectivity index (χ0n) is 29.9. The van der Waals surface area contributed by atoms with E-state index in [1.54, 1.807) is 0 Å². The summed E-state index contributed by atoms with van der Waals surface area (Å²) in [5.41, 5.74) is 6.15. The first-order valence-corrected chi connectivity index (χ1v) is 20.0. The molecule has 0 aliphatic heterocycles. The van der Waals surface area contributed by atoms with E-state index >= 15 is 0 Å². The molecule has 0 aromatic heterocycles. The number of ether oxygens (including phenoxy) is 2. The Labute approximate surface area is 328 Å². The molecule has 0 amide bonds. The molecule has 0 aliphatic carbocycles. The predicted molar refractivity (Wildman–Crippen MR) is 218 cm³/mol. The molecule has 52 heavy (non-hydrogen) atoms. The van der Waals surface area contributed by atoms with Crippen LogP contribution in [0.2, 0.25) is 0 Å². The lowest BCUT2D eigenvalue weighted by molar-refractivity contribution is -0.134. The van der Waals surface area contributed by atoms with E-state index in [0.29, 0.717) is 61.2 Å². The van der Waals surface area contributed by atoms with Gasteiger partial charge < -0.3 is 19.3 Å². The van der Waals surface area contributed by atoms with E-state index in [0.717, 1.165) is 35.3 Å².